The predicted octanol–water partition coefficient (Wildman–Crippen LogP) is 0.350. The second-order valence-electron chi connectivity index (χ2n) is 4.71. The monoisotopic (exact) mass is 309 g/mol. The molecule has 1 saturated heterocycles. The highest BCUT2D eigenvalue weighted by molar-refractivity contribution is 5.95. The van der Waals surface area contributed by atoms with E-state index in [1.165, 1.54) is 4.80 Å². The van der Waals surface area contributed by atoms with E-state index in [0.29, 0.717) is 18.7 Å². The number of rotatable bonds is 3. The fraction of sp³-hybridized carbons (Fsp3) is 0.308. The van der Waals surface area contributed by atoms with E-state index in [4.69, 9.17) is 0 Å². The summed E-state index contributed by atoms with van der Waals surface area (Å²) in [4.78, 5) is 13.5. The Hall–Kier alpha value is -1.96. The molecule has 7 nitrogen and oxygen atoms in total. The van der Waals surface area contributed by atoms with Crippen LogP contribution in [0.5, 0.6) is 0 Å². The van der Waals surface area contributed by atoms with Crippen LogP contribution in [-0.4, -0.2) is 44.7 Å². The van der Waals surface area contributed by atoms with E-state index < -0.39 is 6.10 Å². The van der Waals surface area contributed by atoms with Gasteiger partial charge in [-0.1, -0.05) is 0 Å². The molecule has 0 aliphatic carbocycles. The molecular formula is C13H16ClN5O2. The van der Waals surface area contributed by atoms with E-state index in [9.17, 15) is 9.90 Å². The minimum absolute atomic E-state index is 0. The number of carbonyl (C=O) groups excluding carboxylic acids is 1. The van der Waals surface area contributed by atoms with Crippen LogP contribution in [-0.2, 0) is 4.79 Å². The third-order valence-electron chi connectivity index (χ3n) is 3.21. The van der Waals surface area contributed by atoms with Crippen molar-refractivity contribution in [2.75, 3.05) is 11.9 Å². The molecule has 2 atom stereocenters. The number of aromatic nitrogens is 3. The van der Waals surface area contributed by atoms with Gasteiger partial charge in [0, 0.05) is 12.2 Å². The zero-order valence-electron chi connectivity index (χ0n) is 11.1. The fourth-order valence-electron chi connectivity index (χ4n) is 2.17. The van der Waals surface area contributed by atoms with E-state index in [2.05, 4.69) is 20.8 Å². The van der Waals surface area contributed by atoms with Crippen molar-refractivity contribution in [3.63, 3.8) is 0 Å². The highest BCUT2D eigenvalue weighted by Crippen LogP contribution is 2.14. The first-order chi connectivity index (χ1) is 9.72. The summed E-state index contributed by atoms with van der Waals surface area (Å²) in [5, 5.41) is 23.2. The van der Waals surface area contributed by atoms with Gasteiger partial charge in [-0.15, -0.1) is 12.4 Å². The lowest BCUT2D eigenvalue weighted by Crippen LogP contribution is -2.35. The van der Waals surface area contributed by atoms with Crippen LogP contribution in [0.2, 0.25) is 0 Å². The van der Waals surface area contributed by atoms with Gasteiger partial charge in [0.2, 0.25) is 5.91 Å². The van der Waals surface area contributed by atoms with E-state index in [-0.39, 0.29) is 24.4 Å². The number of benzene rings is 1. The number of carbonyl (C=O) groups is 1. The van der Waals surface area contributed by atoms with Gasteiger partial charge < -0.3 is 15.7 Å². The molecule has 1 aromatic carbocycles. The van der Waals surface area contributed by atoms with Crippen LogP contribution in [0, 0.1) is 0 Å². The molecule has 1 aromatic heterocycles. The minimum atomic E-state index is -0.445. The molecule has 3 rings (SSSR count). The summed E-state index contributed by atoms with van der Waals surface area (Å²) < 4.78 is 0. The number of hydrogen-bond acceptors (Lipinski definition) is 5. The Morgan fingerprint density at radius 1 is 1.29 bits per heavy atom. The Kier molecular flexibility index (Phi) is 4.89. The van der Waals surface area contributed by atoms with E-state index in [1.807, 2.05) is 12.1 Å². The molecule has 0 bridgehead atoms. The highest BCUT2D eigenvalue weighted by Gasteiger charge is 2.27. The second kappa shape index (κ2) is 6.66. The molecule has 8 heteroatoms. The van der Waals surface area contributed by atoms with Crippen molar-refractivity contribution in [3.05, 3.63) is 36.7 Å². The lowest BCUT2D eigenvalue weighted by molar-refractivity contribution is -0.117. The van der Waals surface area contributed by atoms with Crippen LogP contribution in [0.25, 0.3) is 5.69 Å². The van der Waals surface area contributed by atoms with Crippen molar-refractivity contribution in [1.82, 2.24) is 20.3 Å². The van der Waals surface area contributed by atoms with Crippen molar-refractivity contribution in [1.29, 1.82) is 0 Å². The maximum atomic E-state index is 12.0. The lowest BCUT2D eigenvalue weighted by atomic mass is 10.2. The van der Waals surface area contributed by atoms with Crippen LogP contribution in [0.4, 0.5) is 5.69 Å². The highest BCUT2D eigenvalue weighted by atomic mass is 35.5. The van der Waals surface area contributed by atoms with Crippen LogP contribution < -0.4 is 10.6 Å². The topological polar surface area (TPSA) is 92.1 Å². The van der Waals surface area contributed by atoms with Gasteiger partial charge in [-0.2, -0.15) is 15.0 Å². The van der Waals surface area contributed by atoms with Crippen molar-refractivity contribution >= 4 is 24.0 Å². The van der Waals surface area contributed by atoms with Crippen LogP contribution in [0.3, 0.4) is 0 Å². The van der Waals surface area contributed by atoms with Gasteiger partial charge in [-0.05, 0) is 30.7 Å². The molecule has 0 saturated carbocycles. The van der Waals surface area contributed by atoms with Crippen LogP contribution in [0.1, 0.15) is 6.42 Å². The maximum absolute atomic E-state index is 12.0. The first kappa shape index (κ1) is 15.4. The average molecular weight is 310 g/mol. The van der Waals surface area contributed by atoms with E-state index >= 15 is 0 Å². The first-order valence-electron chi connectivity index (χ1n) is 6.41. The summed E-state index contributed by atoms with van der Waals surface area (Å²) in [6.45, 7) is 0.460. The number of amides is 1. The Balaban J connectivity index is 0.00000161. The molecule has 112 valence electrons. The number of anilines is 1. The molecule has 1 fully saturated rings. The molecule has 0 radical (unpaired) electrons. The summed E-state index contributed by atoms with van der Waals surface area (Å²) in [6.07, 6.45) is 3.21. The molecule has 0 spiro atoms. The summed E-state index contributed by atoms with van der Waals surface area (Å²) >= 11 is 0. The molecule has 3 N–H and O–H groups in total. The SMILES string of the molecule is Cl.O=C(Nc1ccc(-n2nccn2)cc1)C1CC(O)CN1. The van der Waals surface area contributed by atoms with Gasteiger partial charge in [0.05, 0.1) is 30.2 Å². The molecule has 2 aromatic rings. The largest absolute Gasteiger partial charge is 0.392 e. The quantitative estimate of drug-likeness (QED) is 0.761. The smallest absolute Gasteiger partial charge is 0.241 e. The number of nitrogens with zero attached hydrogens (tertiary/aromatic N) is 3. The number of β-amino-alcohol motifs (C(OH)–C–C–N with tert-alkyl or cyclic N) is 1. The predicted molar refractivity (Wildman–Crippen MR) is 79.7 cm³/mol. The lowest BCUT2D eigenvalue weighted by Gasteiger charge is -2.11. The third-order valence-corrected chi connectivity index (χ3v) is 3.21. The first-order valence-corrected chi connectivity index (χ1v) is 6.41. The zero-order valence-corrected chi connectivity index (χ0v) is 12.0. The molecule has 1 aliphatic rings. The molecule has 21 heavy (non-hydrogen) atoms. The maximum Gasteiger partial charge on any atom is 0.241 e. The van der Waals surface area contributed by atoms with Gasteiger partial charge in [0.1, 0.15) is 0 Å². The summed E-state index contributed by atoms with van der Waals surface area (Å²) in [5.41, 5.74) is 1.52. The number of halogens is 1. The number of nitrogens with one attached hydrogen (secondary N) is 2. The molecule has 1 amide bonds. The fourth-order valence-corrected chi connectivity index (χ4v) is 2.17. The molecular weight excluding hydrogens is 294 g/mol. The third kappa shape index (κ3) is 3.57. The summed E-state index contributed by atoms with van der Waals surface area (Å²) in [6, 6.07) is 6.90. The van der Waals surface area contributed by atoms with E-state index in [1.54, 1.807) is 24.5 Å². The van der Waals surface area contributed by atoms with Crippen molar-refractivity contribution in [3.8, 4) is 5.69 Å². The van der Waals surface area contributed by atoms with Gasteiger partial charge in [-0.25, -0.2) is 0 Å². The van der Waals surface area contributed by atoms with Crippen molar-refractivity contribution in [2.45, 2.75) is 18.6 Å². The Bertz CT molecular complexity index is 587. The average Bonchev–Trinajstić information content (AvgIpc) is 3.10. The Morgan fingerprint density at radius 3 is 2.52 bits per heavy atom. The second-order valence-corrected chi connectivity index (χ2v) is 4.71. The molecule has 1 aliphatic heterocycles. The van der Waals surface area contributed by atoms with Crippen LogP contribution in [0.15, 0.2) is 36.7 Å². The summed E-state index contributed by atoms with van der Waals surface area (Å²) in [5.74, 6) is -0.133. The van der Waals surface area contributed by atoms with E-state index in [0.717, 1.165) is 5.69 Å². The van der Waals surface area contributed by atoms with Gasteiger partial charge >= 0.3 is 0 Å². The Morgan fingerprint density at radius 2 is 1.95 bits per heavy atom. The number of hydrogen-bond donors (Lipinski definition) is 3. The van der Waals surface area contributed by atoms with Crippen molar-refractivity contribution < 1.29 is 9.90 Å². The number of aliphatic hydroxyl groups excluding tert-OH is 1. The zero-order chi connectivity index (χ0) is 13.9. The van der Waals surface area contributed by atoms with Gasteiger partial charge in [-0.3, -0.25) is 4.79 Å². The molecule has 2 heterocycles. The Labute approximate surface area is 127 Å². The minimum Gasteiger partial charge on any atom is -0.392 e. The standard InChI is InChI=1S/C13H15N5O2.ClH/c19-11-7-12(14-8-11)13(20)17-9-1-3-10(4-2-9)18-15-5-6-16-18;/h1-6,11-12,14,19H,7-8H2,(H,17,20);1H. The van der Waals surface area contributed by atoms with Gasteiger partial charge in [0.25, 0.3) is 0 Å². The summed E-state index contributed by atoms with van der Waals surface area (Å²) in [7, 11) is 0. The number of aliphatic hydroxyl groups is 1. The normalized spacial score (nSPS) is 20.8. The van der Waals surface area contributed by atoms with Crippen LogP contribution >= 0.6 is 12.4 Å². The van der Waals surface area contributed by atoms with Gasteiger partial charge in [0.15, 0.2) is 0 Å². The molecule has 2 unspecified atom stereocenters. The van der Waals surface area contributed by atoms with Crippen molar-refractivity contribution in [2.24, 2.45) is 0 Å².